The standard InChI is InChI=1S/C71H118O6/c1-4-7-10-13-16-19-22-25-27-28-29-30-31-32-33-34-35-36-37-38-39-40-41-42-44-46-49-52-55-58-61-64-70(73)76-67-68(66-75-69(72)63-60-57-54-51-48-45-24-21-18-15-12-9-6-3)77-71(74)65-62-59-56-53-50-47-43-26-23-20-17-14-11-8-5-2/h7,10,16,19,21,24-25,27,29-30,32-33,35-36,38-39,41-42,46,49,68H,4-6,8-9,11-15,17-18,20,22-23,26,28,31,34,37,40,43-45,47-48,50-67H2,1-3H3/b10-7-,19-16-,24-21-,27-25-,30-29-,33-32-,36-35-,39-38-,42-41-,49-46-. The van der Waals surface area contributed by atoms with Crippen LogP contribution in [0.1, 0.15) is 290 Å². The van der Waals surface area contributed by atoms with Crippen molar-refractivity contribution in [2.24, 2.45) is 0 Å². The maximum atomic E-state index is 12.9. The fourth-order valence-corrected chi connectivity index (χ4v) is 8.67. The van der Waals surface area contributed by atoms with Crippen molar-refractivity contribution < 1.29 is 28.6 Å². The lowest BCUT2D eigenvalue weighted by molar-refractivity contribution is -0.167. The van der Waals surface area contributed by atoms with Crippen LogP contribution in [0.15, 0.2) is 122 Å². The molecule has 0 fully saturated rings. The average molecular weight is 1070 g/mol. The highest BCUT2D eigenvalue weighted by atomic mass is 16.6. The van der Waals surface area contributed by atoms with Crippen molar-refractivity contribution in [1.29, 1.82) is 0 Å². The molecule has 0 aromatic rings. The average Bonchev–Trinajstić information content (AvgIpc) is 3.43. The molecule has 0 N–H and O–H groups in total. The molecule has 0 bridgehead atoms. The molecule has 0 rings (SSSR count). The maximum Gasteiger partial charge on any atom is 0.306 e. The van der Waals surface area contributed by atoms with Crippen molar-refractivity contribution in [2.45, 2.75) is 297 Å². The Labute approximate surface area is 475 Å². The van der Waals surface area contributed by atoms with Crippen molar-refractivity contribution >= 4 is 17.9 Å². The molecule has 1 atom stereocenters. The number of unbranched alkanes of at least 4 members (excludes halogenated alkanes) is 26. The number of esters is 3. The molecule has 0 spiro atoms. The van der Waals surface area contributed by atoms with Gasteiger partial charge in [-0.1, -0.05) is 277 Å². The fourth-order valence-electron chi connectivity index (χ4n) is 8.67. The summed E-state index contributed by atoms with van der Waals surface area (Å²) in [6.45, 7) is 6.49. The first-order valence-electron chi connectivity index (χ1n) is 32.0. The van der Waals surface area contributed by atoms with Gasteiger partial charge in [-0.25, -0.2) is 0 Å². The normalized spacial score (nSPS) is 12.9. The van der Waals surface area contributed by atoms with Gasteiger partial charge in [0.15, 0.2) is 6.10 Å². The van der Waals surface area contributed by atoms with Crippen molar-refractivity contribution in [3.8, 4) is 0 Å². The van der Waals surface area contributed by atoms with E-state index in [1.54, 1.807) is 0 Å². The van der Waals surface area contributed by atoms with Crippen molar-refractivity contribution in [3.63, 3.8) is 0 Å². The third-order valence-electron chi connectivity index (χ3n) is 13.5. The molecule has 0 amide bonds. The molecule has 0 saturated heterocycles. The van der Waals surface area contributed by atoms with Crippen LogP contribution in [0.3, 0.4) is 0 Å². The Hall–Kier alpha value is -4.19. The van der Waals surface area contributed by atoms with Gasteiger partial charge >= 0.3 is 17.9 Å². The summed E-state index contributed by atoms with van der Waals surface area (Å²) in [4.78, 5) is 38.2. The van der Waals surface area contributed by atoms with Gasteiger partial charge in [-0.2, -0.15) is 0 Å². The number of rotatable bonds is 57. The molecule has 0 radical (unpaired) electrons. The van der Waals surface area contributed by atoms with E-state index in [1.165, 1.54) is 122 Å². The predicted octanol–water partition coefficient (Wildman–Crippen LogP) is 22.0. The molecule has 438 valence electrons. The molecule has 0 aliphatic rings. The second kappa shape index (κ2) is 64.3. The van der Waals surface area contributed by atoms with Crippen molar-refractivity contribution in [2.75, 3.05) is 13.2 Å². The second-order valence-corrected chi connectivity index (χ2v) is 20.9. The summed E-state index contributed by atoms with van der Waals surface area (Å²) in [7, 11) is 0. The van der Waals surface area contributed by atoms with Gasteiger partial charge in [-0.3, -0.25) is 14.4 Å². The van der Waals surface area contributed by atoms with Crippen molar-refractivity contribution in [1.82, 2.24) is 0 Å². The molecule has 6 heteroatoms. The third-order valence-corrected chi connectivity index (χ3v) is 13.5. The van der Waals surface area contributed by atoms with E-state index in [0.717, 1.165) is 128 Å². The number of carbonyl (C=O) groups is 3. The molecule has 0 aromatic heterocycles. The van der Waals surface area contributed by atoms with E-state index in [9.17, 15) is 14.4 Å². The number of allylic oxidation sites excluding steroid dienone is 20. The monoisotopic (exact) mass is 1070 g/mol. The van der Waals surface area contributed by atoms with Crippen LogP contribution < -0.4 is 0 Å². The maximum absolute atomic E-state index is 12.9. The van der Waals surface area contributed by atoms with Gasteiger partial charge in [0, 0.05) is 19.3 Å². The first-order chi connectivity index (χ1) is 38.0. The van der Waals surface area contributed by atoms with E-state index in [0.29, 0.717) is 19.3 Å². The van der Waals surface area contributed by atoms with Crippen LogP contribution in [-0.4, -0.2) is 37.2 Å². The smallest absolute Gasteiger partial charge is 0.306 e. The lowest BCUT2D eigenvalue weighted by atomic mass is 10.0. The Bertz CT molecular complexity index is 1600. The second-order valence-electron chi connectivity index (χ2n) is 20.9. The zero-order chi connectivity index (χ0) is 55.7. The summed E-state index contributed by atoms with van der Waals surface area (Å²) in [5, 5.41) is 0. The van der Waals surface area contributed by atoms with Gasteiger partial charge in [0.25, 0.3) is 0 Å². The Morgan fingerprint density at radius 2 is 0.506 bits per heavy atom. The van der Waals surface area contributed by atoms with Gasteiger partial charge in [-0.05, 0) is 116 Å². The minimum absolute atomic E-state index is 0.0925. The Kier molecular flexibility index (Phi) is 60.8. The zero-order valence-electron chi connectivity index (χ0n) is 50.2. The number of hydrogen-bond donors (Lipinski definition) is 0. The van der Waals surface area contributed by atoms with E-state index >= 15 is 0 Å². The molecule has 0 saturated carbocycles. The molecule has 0 aliphatic heterocycles. The predicted molar refractivity (Wildman–Crippen MR) is 334 cm³/mol. The van der Waals surface area contributed by atoms with Gasteiger partial charge in [0.1, 0.15) is 13.2 Å². The van der Waals surface area contributed by atoms with Crippen LogP contribution in [0.4, 0.5) is 0 Å². The lowest BCUT2D eigenvalue weighted by Crippen LogP contribution is -2.30. The molecule has 0 heterocycles. The molecule has 1 unspecified atom stereocenters. The first-order valence-corrected chi connectivity index (χ1v) is 32.0. The molecular weight excluding hydrogens is 949 g/mol. The Morgan fingerprint density at radius 3 is 0.831 bits per heavy atom. The van der Waals surface area contributed by atoms with E-state index in [2.05, 4.69) is 142 Å². The van der Waals surface area contributed by atoms with E-state index in [4.69, 9.17) is 14.2 Å². The topological polar surface area (TPSA) is 78.9 Å². The third kappa shape index (κ3) is 62.5. The largest absolute Gasteiger partial charge is 0.462 e. The highest BCUT2D eigenvalue weighted by Crippen LogP contribution is 2.16. The highest BCUT2D eigenvalue weighted by Gasteiger charge is 2.19. The quantitative estimate of drug-likeness (QED) is 0.0261. The molecule has 0 aromatic carbocycles. The van der Waals surface area contributed by atoms with Gasteiger partial charge < -0.3 is 14.2 Å². The fraction of sp³-hybridized carbons (Fsp3) is 0.676. The van der Waals surface area contributed by atoms with Crippen molar-refractivity contribution in [3.05, 3.63) is 122 Å². The number of hydrogen-bond acceptors (Lipinski definition) is 6. The minimum atomic E-state index is -0.796. The molecule has 77 heavy (non-hydrogen) atoms. The Balaban J connectivity index is 4.36. The molecule has 6 nitrogen and oxygen atoms in total. The van der Waals surface area contributed by atoms with Crippen LogP contribution in [0.25, 0.3) is 0 Å². The van der Waals surface area contributed by atoms with Crippen LogP contribution >= 0.6 is 0 Å². The molecular formula is C71H118O6. The summed E-state index contributed by atoms with van der Waals surface area (Å²) in [5.41, 5.74) is 0. The van der Waals surface area contributed by atoms with Crippen LogP contribution in [0, 0.1) is 0 Å². The summed E-state index contributed by atoms with van der Waals surface area (Å²) >= 11 is 0. The van der Waals surface area contributed by atoms with Crippen LogP contribution in [0.5, 0.6) is 0 Å². The summed E-state index contributed by atoms with van der Waals surface area (Å²) in [6, 6.07) is 0. The zero-order valence-corrected chi connectivity index (χ0v) is 50.2. The van der Waals surface area contributed by atoms with Crippen LogP contribution in [0.2, 0.25) is 0 Å². The number of ether oxygens (including phenoxy) is 3. The molecule has 0 aliphatic carbocycles. The van der Waals surface area contributed by atoms with E-state index in [1.807, 2.05) is 0 Å². The summed E-state index contributed by atoms with van der Waals surface area (Å²) < 4.78 is 16.9. The lowest BCUT2D eigenvalue weighted by Gasteiger charge is -2.18. The van der Waals surface area contributed by atoms with E-state index in [-0.39, 0.29) is 31.1 Å². The minimum Gasteiger partial charge on any atom is -0.462 e. The van der Waals surface area contributed by atoms with Gasteiger partial charge in [-0.15, -0.1) is 0 Å². The SMILES string of the molecule is CC/C=C\C/C=C\C/C=C\C/C=C\C/C=C\C/C=C\C/C=C\C/C=C\C/C=C\CCCCCC(=O)OCC(COC(=O)CCCCCCC/C=C\CCCCCC)OC(=O)CCCCCCCCCCCCCCCCC. The summed E-state index contributed by atoms with van der Waals surface area (Å²) in [5.74, 6) is -0.929. The first kappa shape index (κ1) is 72.8. The number of carbonyl (C=O) groups excluding carboxylic acids is 3. The Morgan fingerprint density at radius 1 is 0.273 bits per heavy atom. The van der Waals surface area contributed by atoms with Gasteiger partial charge in [0.05, 0.1) is 0 Å². The van der Waals surface area contributed by atoms with E-state index < -0.39 is 6.10 Å². The highest BCUT2D eigenvalue weighted by molar-refractivity contribution is 5.71. The van der Waals surface area contributed by atoms with Gasteiger partial charge in [0.2, 0.25) is 0 Å². The summed E-state index contributed by atoms with van der Waals surface area (Å²) in [6.07, 6.45) is 89.2. The van der Waals surface area contributed by atoms with Crippen LogP contribution in [-0.2, 0) is 28.6 Å².